The summed E-state index contributed by atoms with van der Waals surface area (Å²) in [7, 11) is 1.82. The van der Waals surface area contributed by atoms with Crippen LogP contribution in [0.4, 0.5) is 0 Å². The van der Waals surface area contributed by atoms with Crippen molar-refractivity contribution in [2.24, 2.45) is 45.3 Å². The zero-order chi connectivity index (χ0) is 34.1. The first-order valence-electron chi connectivity index (χ1n) is 17.6. The Balaban J connectivity index is 1.43. The minimum absolute atomic E-state index is 0.0317. The van der Waals surface area contributed by atoms with E-state index in [0.29, 0.717) is 5.92 Å². The van der Waals surface area contributed by atoms with E-state index in [-0.39, 0.29) is 51.6 Å². The van der Waals surface area contributed by atoms with Crippen LogP contribution in [0.1, 0.15) is 93.9 Å². The molecule has 5 rings (SSSR count). The summed E-state index contributed by atoms with van der Waals surface area (Å²) in [5, 5.41) is 64.0. The predicted octanol–water partition coefficient (Wildman–Crippen LogP) is 3.73. The molecular formula is C37H62O9. The van der Waals surface area contributed by atoms with Crippen molar-refractivity contribution in [1.29, 1.82) is 0 Å². The van der Waals surface area contributed by atoms with Crippen LogP contribution in [0, 0.1) is 45.3 Å². The lowest BCUT2D eigenvalue weighted by atomic mass is 9.38. The molecule has 1 saturated heterocycles. The summed E-state index contributed by atoms with van der Waals surface area (Å²) in [5.41, 5.74) is 1.90. The van der Waals surface area contributed by atoms with Crippen molar-refractivity contribution in [2.45, 2.75) is 149 Å². The van der Waals surface area contributed by atoms with E-state index < -0.39 is 49.5 Å². The number of aliphatic hydroxyl groups is 6. The van der Waals surface area contributed by atoms with Crippen LogP contribution in [0.15, 0.2) is 23.3 Å². The average Bonchev–Trinajstić information content (AvgIpc) is 3.28. The summed E-state index contributed by atoms with van der Waals surface area (Å²) < 4.78 is 18.2. The van der Waals surface area contributed by atoms with E-state index in [2.05, 4.69) is 47.6 Å². The van der Waals surface area contributed by atoms with Gasteiger partial charge in [0.05, 0.1) is 24.9 Å². The highest BCUT2D eigenvalue weighted by Gasteiger charge is 2.70. The van der Waals surface area contributed by atoms with Gasteiger partial charge in [-0.1, -0.05) is 64.8 Å². The van der Waals surface area contributed by atoms with Crippen LogP contribution < -0.4 is 0 Å². The average molecular weight is 651 g/mol. The number of rotatable bonds is 8. The van der Waals surface area contributed by atoms with Gasteiger partial charge in [0.25, 0.3) is 0 Å². The van der Waals surface area contributed by atoms with E-state index in [1.165, 1.54) is 5.57 Å². The van der Waals surface area contributed by atoms with Crippen LogP contribution in [0.5, 0.6) is 0 Å². The summed E-state index contributed by atoms with van der Waals surface area (Å²) in [4.78, 5) is 0. The fraction of sp³-hybridized carbons (Fsp3) is 0.892. The zero-order valence-electron chi connectivity index (χ0n) is 29.5. The summed E-state index contributed by atoms with van der Waals surface area (Å²) in [6.45, 7) is 17.1. The molecule has 46 heavy (non-hydrogen) atoms. The van der Waals surface area contributed by atoms with Crippen molar-refractivity contribution in [2.75, 3.05) is 13.7 Å². The standard InChI is InChI=1S/C37H62O9/c1-19(2)16-24(45-33-31(43)30(42)29(41)26(18-38)46-33)28(40)20(3)21-12-13-37(8)32-25(44-9)17-23-22(10-11-27(39)34(23,4)5)35(32,6)14-15-36(21,37)7/h16-17,20-22,24-33,38-43H,10-15,18H2,1-9H3/t20-,21+,22+,24-,25+,26+,27-,28+,29+,30-,31+,32+,33+,35-,36+,37-/m0/s1. The topological polar surface area (TPSA) is 149 Å². The molecule has 4 aliphatic carbocycles. The fourth-order valence-corrected chi connectivity index (χ4v) is 11.2. The van der Waals surface area contributed by atoms with E-state index >= 15 is 0 Å². The lowest BCUT2D eigenvalue weighted by molar-refractivity contribution is -0.314. The van der Waals surface area contributed by atoms with E-state index in [0.717, 1.165) is 44.1 Å². The first kappa shape index (κ1) is 36.4. The molecule has 264 valence electrons. The minimum atomic E-state index is -1.55. The molecule has 0 aromatic heterocycles. The van der Waals surface area contributed by atoms with Gasteiger partial charge in [0.1, 0.15) is 30.5 Å². The van der Waals surface area contributed by atoms with Crippen molar-refractivity contribution in [3.63, 3.8) is 0 Å². The maximum absolute atomic E-state index is 12.0. The largest absolute Gasteiger partial charge is 0.394 e. The van der Waals surface area contributed by atoms with Crippen LogP contribution in [-0.4, -0.2) is 99.5 Å². The van der Waals surface area contributed by atoms with Crippen LogP contribution in [-0.2, 0) is 14.2 Å². The molecule has 0 amide bonds. The highest BCUT2D eigenvalue weighted by Crippen LogP contribution is 2.75. The van der Waals surface area contributed by atoms with Gasteiger partial charge in [0, 0.05) is 18.4 Å². The van der Waals surface area contributed by atoms with Gasteiger partial charge < -0.3 is 44.8 Å². The number of aliphatic hydroxyl groups excluding tert-OH is 6. The molecule has 0 aromatic rings. The molecule has 9 nitrogen and oxygen atoms in total. The van der Waals surface area contributed by atoms with Gasteiger partial charge in [-0.2, -0.15) is 0 Å². The zero-order valence-corrected chi connectivity index (χ0v) is 29.5. The van der Waals surface area contributed by atoms with Crippen LogP contribution in [0.3, 0.4) is 0 Å². The normalized spacial score (nSPS) is 48.7. The first-order valence-corrected chi connectivity index (χ1v) is 17.6. The molecule has 0 radical (unpaired) electrons. The molecule has 1 aliphatic heterocycles. The second-order valence-electron chi connectivity index (χ2n) is 17.0. The Morgan fingerprint density at radius 1 is 0.957 bits per heavy atom. The first-order chi connectivity index (χ1) is 21.4. The number of allylic oxidation sites excluding steroid dienone is 1. The SMILES string of the molecule is CO[C@@H]1C=C2[C@@H](CC[C@H](O)C2(C)C)[C@]2(C)CC[C@]3(C)[C@@H]([C@H](C)[C@@H](O)[C@H](C=C(C)C)O[C@@H]4O[C@H](CO)[C@@H](O)[C@H](O)[C@H]4O)CC[C@@]3(C)[C@H]12. The Morgan fingerprint density at radius 2 is 1.63 bits per heavy atom. The molecule has 6 N–H and O–H groups in total. The van der Waals surface area contributed by atoms with Crippen molar-refractivity contribution in [1.82, 2.24) is 0 Å². The summed E-state index contributed by atoms with van der Waals surface area (Å²) in [5.74, 6) is 0.716. The molecular weight excluding hydrogens is 588 g/mol. The number of ether oxygens (including phenoxy) is 3. The second-order valence-corrected chi connectivity index (χ2v) is 17.0. The van der Waals surface area contributed by atoms with Crippen LogP contribution >= 0.6 is 0 Å². The number of hydrogen-bond donors (Lipinski definition) is 6. The van der Waals surface area contributed by atoms with Gasteiger partial charge in [-0.05, 0) is 86.4 Å². The van der Waals surface area contributed by atoms with E-state index in [1.807, 2.05) is 27.0 Å². The Hall–Kier alpha value is -0.880. The maximum atomic E-state index is 12.0. The molecule has 4 fully saturated rings. The van der Waals surface area contributed by atoms with Crippen LogP contribution in [0.25, 0.3) is 0 Å². The summed E-state index contributed by atoms with van der Waals surface area (Å²) in [6.07, 6.45) is 0.870. The number of hydrogen-bond acceptors (Lipinski definition) is 9. The lowest BCUT2D eigenvalue weighted by Gasteiger charge is -2.67. The Morgan fingerprint density at radius 3 is 2.24 bits per heavy atom. The Labute approximate surface area is 276 Å². The van der Waals surface area contributed by atoms with Gasteiger partial charge >= 0.3 is 0 Å². The minimum Gasteiger partial charge on any atom is -0.394 e. The van der Waals surface area contributed by atoms with Gasteiger partial charge in [0.2, 0.25) is 0 Å². The van der Waals surface area contributed by atoms with Gasteiger partial charge in [0.15, 0.2) is 6.29 Å². The third-order valence-electron chi connectivity index (χ3n) is 14.2. The summed E-state index contributed by atoms with van der Waals surface area (Å²) in [6, 6.07) is 0. The molecule has 16 atom stereocenters. The van der Waals surface area contributed by atoms with E-state index in [4.69, 9.17) is 14.2 Å². The lowest BCUT2D eigenvalue weighted by Crippen LogP contribution is -2.63. The Kier molecular flexibility index (Phi) is 10.1. The molecule has 3 saturated carbocycles. The number of fused-ring (bicyclic) bond motifs is 5. The Bertz CT molecular complexity index is 1160. The quantitative estimate of drug-likeness (QED) is 0.216. The third kappa shape index (κ3) is 5.48. The van der Waals surface area contributed by atoms with Crippen LogP contribution in [0.2, 0.25) is 0 Å². The maximum Gasteiger partial charge on any atom is 0.187 e. The monoisotopic (exact) mass is 650 g/mol. The molecule has 9 heteroatoms. The van der Waals surface area contributed by atoms with Crippen molar-refractivity contribution in [3.05, 3.63) is 23.3 Å². The van der Waals surface area contributed by atoms with Gasteiger partial charge in [-0.25, -0.2) is 0 Å². The molecule has 1 heterocycles. The van der Waals surface area contributed by atoms with E-state index in [1.54, 1.807) is 0 Å². The van der Waals surface area contributed by atoms with Crippen molar-refractivity contribution in [3.8, 4) is 0 Å². The van der Waals surface area contributed by atoms with Crippen molar-refractivity contribution >= 4 is 0 Å². The van der Waals surface area contributed by atoms with Gasteiger partial charge in [-0.15, -0.1) is 0 Å². The smallest absolute Gasteiger partial charge is 0.187 e. The highest BCUT2D eigenvalue weighted by atomic mass is 16.7. The molecule has 0 spiro atoms. The second kappa shape index (κ2) is 12.8. The summed E-state index contributed by atoms with van der Waals surface area (Å²) >= 11 is 0. The molecule has 5 aliphatic rings. The van der Waals surface area contributed by atoms with Crippen molar-refractivity contribution < 1.29 is 44.8 Å². The highest BCUT2D eigenvalue weighted by molar-refractivity contribution is 5.33. The van der Waals surface area contributed by atoms with E-state index in [9.17, 15) is 30.6 Å². The third-order valence-corrected chi connectivity index (χ3v) is 14.2. The molecule has 0 bridgehead atoms. The fourth-order valence-electron chi connectivity index (χ4n) is 11.2. The molecule has 0 unspecified atom stereocenters. The number of methoxy groups -OCH3 is 1. The van der Waals surface area contributed by atoms with Gasteiger partial charge in [-0.3, -0.25) is 0 Å². The molecule has 0 aromatic carbocycles. The predicted molar refractivity (Wildman–Crippen MR) is 174 cm³/mol.